The van der Waals surface area contributed by atoms with Crippen LogP contribution in [0.4, 0.5) is 18.9 Å². The number of nitrogens with zero attached hydrogens (tertiary/aromatic N) is 2. The van der Waals surface area contributed by atoms with Crippen LogP contribution in [0, 0.1) is 0 Å². The molecule has 0 radical (unpaired) electrons. The van der Waals surface area contributed by atoms with E-state index in [1.54, 1.807) is 0 Å². The Labute approximate surface area is 152 Å². The first-order valence-electron chi connectivity index (χ1n) is 7.05. The van der Waals surface area contributed by atoms with Gasteiger partial charge in [0.1, 0.15) is 5.03 Å². The van der Waals surface area contributed by atoms with E-state index >= 15 is 0 Å². The maximum absolute atomic E-state index is 12.6. The maximum atomic E-state index is 12.6. The average molecular weight is 405 g/mol. The van der Waals surface area contributed by atoms with Gasteiger partial charge in [-0.2, -0.15) is 13.2 Å². The first-order chi connectivity index (χ1) is 12.0. The van der Waals surface area contributed by atoms with Crippen molar-refractivity contribution in [1.29, 1.82) is 0 Å². The zero-order valence-corrected chi connectivity index (χ0v) is 15.2. The van der Waals surface area contributed by atoms with Gasteiger partial charge in [0, 0.05) is 37.7 Å². The molecule has 1 N–H and O–H groups in total. The third-order valence-electron chi connectivity index (χ3n) is 3.10. The molecular formula is C15H14F3N3O3S2. The van der Waals surface area contributed by atoms with Crippen molar-refractivity contribution in [1.82, 2.24) is 9.29 Å². The molecule has 0 bridgehead atoms. The van der Waals surface area contributed by atoms with E-state index in [9.17, 15) is 26.4 Å². The number of thioether (sulfide) groups is 1. The van der Waals surface area contributed by atoms with Crippen LogP contribution in [-0.4, -0.2) is 43.2 Å². The van der Waals surface area contributed by atoms with Crippen molar-refractivity contribution in [3.8, 4) is 0 Å². The molecule has 0 aliphatic carbocycles. The van der Waals surface area contributed by atoms with Crippen molar-refractivity contribution in [3.63, 3.8) is 0 Å². The summed E-state index contributed by atoms with van der Waals surface area (Å²) in [5.74, 6) is -0.829. The number of benzene rings is 1. The highest BCUT2D eigenvalue weighted by Gasteiger charge is 2.32. The van der Waals surface area contributed by atoms with Crippen LogP contribution in [-0.2, 0) is 10.0 Å². The predicted molar refractivity (Wildman–Crippen MR) is 91.4 cm³/mol. The number of halogens is 3. The number of anilines is 1. The van der Waals surface area contributed by atoms with E-state index in [4.69, 9.17) is 0 Å². The molecule has 1 heterocycles. The zero-order valence-electron chi connectivity index (χ0n) is 13.6. The fourth-order valence-corrected chi connectivity index (χ4v) is 3.45. The van der Waals surface area contributed by atoms with E-state index in [1.165, 1.54) is 50.5 Å². The van der Waals surface area contributed by atoms with E-state index in [0.717, 1.165) is 10.5 Å². The van der Waals surface area contributed by atoms with Gasteiger partial charge in [0.25, 0.3) is 5.91 Å². The molecule has 0 atom stereocenters. The lowest BCUT2D eigenvalue weighted by molar-refractivity contribution is -0.0329. The number of amides is 1. The highest BCUT2D eigenvalue weighted by Crippen LogP contribution is 2.37. The standard InChI is InChI=1S/C15H14F3N3O3S2/c1-21(2)26(23,24)11-6-3-5-10(9-11)20-13(22)12-7-4-8-19-14(12)25-15(16,17)18/h3-9H,1-2H3,(H,20,22). The lowest BCUT2D eigenvalue weighted by Gasteiger charge is -2.13. The Morgan fingerprint density at radius 2 is 1.88 bits per heavy atom. The second-order valence-corrected chi connectivity index (χ2v) is 8.38. The fourth-order valence-electron chi connectivity index (χ4n) is 1.90. The molecule has 0 fully saturated rings. The van der Waals surface area contributed by atoms with Gasteiger partial charge in [-0.1, -0.05) is 6.07 Å². The second kappa shape index (κ2) is 7.64. The van der Waals surface area contributed by atoms with E-state index < -0.39 is 38.2 Å². The summed E-state index contributed by atoms with van der Waals surface area (Å²) >= 11 is -0.497. The Kier molecular flexibility index (Phi) is 5.94. The molecule has 0 saturated heterocycles. The molecule has 0 unspecified atom stereocenters. The van der Waals surface area contributed by atoms with Gasteiger partial charge in [0.05, 0.1) is 10.5 Å². The Morgan fingerprint density at radius 1 is 1.19 bits per heavy atom. The van der Waals surface area contributed by atoms with E-state index in [1.807, 2.05) is 0 Å². The van der Waals surface area contributed by atoms with Gasteiger partial charge >= 0.3 is 5.51 Å². The Hall–Kier alpha value is -2.11. The zero-order chi connectivity index (χ0) is 19.5. The largest absolute Gasteiger partial charge is 0.447 e. The van der Waals surface area contributed by atoms with Crippen LogP contribution in [0.3, 0.4) is 0 Å². The lowest BCUT2D eigenvalue weighted by atomic mass is 10.2. The number of pyridine rings is 1. The Bertz CT molecular complexity index is 916. The van der Waals surface area contributed by atoms with E-state index in [0.29, 0.717) is 0 Å². The molecule has 1 aromatic carbocycles. The van der Waals surface area contributed by atoms with Gasteiger partial charge in [-0.25, -0.2) is 17.7 Å². The van der Waals surface area contributed by atoms with E-state index in [2.05, 4.69) is 10.3 Å². The Balaban J connectivity index is 2.30. The summed E-state index contributed by atoms with van der Waals surface area (Å²) in [4.78, 5) is 15.9. The van der Waals surface area contributed by atoms with Gasteiger partial charge in [-0.15, -0.1) is 0 Å². The molecule has 1 amide bonds. The van der Waals surface area contributed by atoms with E-state index in [-0.39, 0.29) is 16.1 Å². The van der Waals surface area contributed by atoms with Crippen molar-refractivity contribution in [2.75, 3.05) is 19.4 Å². The molecule has 26 heavy (non-hydrogen) atoms. The molecule has 11 heteroatoms. The molecule has 0 spiro atoms. The van der Waals surface area contributed by atoms with Gasteiger partial charge < -0.3 is 5.32 Å². The van der Waals surface area contributed by atoms with Crippen LogP contribution >= 0.6 is 11.8 Å². The summed E-state index contributed by atoms with van der Waals surface area (Å²) in [5, 5.41) is 1.90. The first kappa shape index (κ1) is 20.2. The molecular weight excluding hydrogens is 391 g/mol. The Morgan fingerprint density at radius 3 is 2.50 bits per heavy atom. The monoisotopic (exact) mass is 405 g/mol. The SMILES string of the molecule is CN(C)S(=O)(=O)c1cccc(NC(=O)c2cccnc2SC(F)(F)F)c1. The first-order valence-corrected chi connectivity index (χ1v) is 9.31. The normalized spacial score (nSPS) is 12.2. The molecule has 1 aromatic heterocycles. The topological polar surface area (TPSA) is 79.4 Å². The minimum absolute atomic E-state index is 0.0589. The third kappa shape index (κ3) is 4.96. The highest BCUT2D eigenvalue weighted by atomic mass is 32.2. The molecule has 2 rings (SSSR count). The minimum atomic E-state index is -4.59. The molecule has 0 aliphatic rings. The van der Waals surface area contributed by atoms with Gasteiger partial charge in [-0.3, -0.25) is 4.79 Å². The number of nitrogens with one attached hydrogen (secondary N) is 1. The molecule has 0 aliphatic heterocycles. The summed E-state index contributed by atoms with van der Waals surface area (Å²) in [6.07, 6.45) is 1.15. The molecule has 6 nitrogen and oxygen atoms in total. The van der Waals surface area contributed by atoms with Crippen molar-refractivity contribution in [2.45, 2.75) is 15.4 Å². The fraction of sp³-hybridized carbons (Fsp3) is 0.200. The number of hydrogen-bond acceptors (Lipinski definition) is 5. The van der Waals surface area contributed by atoms with Gasteiger partial charge in [-0.05, 0) is 30.3 Å². The summed E-state index contributed by atoms with van der Waals surface area (Å²) in [6, 6.07) is 7.96. The maximum Gasteiger partial charge on any atom is 0.447 e. The smallest absolute Gasteiger partial charge is 0.322 e. The highest BCUT2D eigenvalue weighted by molar-refractivity contribution is 8.00. The van der Waals surface area contributed by atoms with Gasteiger partial charge in [0.2, 0.25) is 10.0 Å². The summed E-state index contributed by atoms with van der Waals surface area (Å²) < 4.78 is 63.0. The quantitative estimate of drug-likeness (QED) is 0.773. The number of hydrogen-bond donors (Lipinski definition) is 1. The average Bonchev–Trinajstić information content (AvgIpc) is 2.54. The van der Waals surface area contributed by atoms with Crippen LogP contribution in [0.5, 0.6) is 0 Å². The molecule has 0 saturated carbocycles. The minimum Gasteiger partial charge on any atom is -0.322 e. The van der Waals surface area contributed by atoms with Crippen LogP contribution in [0.25, 0.3) is 0 Å². The van der Waals surface area contributed by atoms with Crippen molar-refractivity contribution in [2.24, 2.45) is 0 Å². The van der Waals surface area contributed by atoms with Gasteiger partial charge in [0.15, 0.2) is 0 Å². The number of sulfonamides is 1. The van der Waals surface area contributed by atoms with Crippen molar-refractivity contribution in [3.05, 3.63) is 48.2 Å². The van der Waals surface area contributed by atoms with Crippen LogP contribution in [0.1, 0.15) is 10.4 Å². The number of alkyl halides is 3. The summed E-state index contributed by atoms with van der Waals surface area (Å²) in [6.45, 7) is 0. The van der Waals surface area contributed by atoms with Crippen molar-refractivity contribution >= 4 is 33.4 Å². The predicted octanol–water partition coefficient (Wildman–Crippen LogP) is 3.20. The van der Waals surface area contributed by atoms with Crippen LogP contribution in [0.2, 0.25) is 0 Å². The number of rotatable bonds is 5. The third-order valence-corrected chi connectivity index (χ3v) is 5.66. The second-order valence-electron chi connectivity index (χ2n) is 5.17. The molecule has 2 aromatic rings. The van der Waals surface area contributed by atoms with Crippen LogP contribution in [0.15, 0.2) is 52.5 Å². The number of aromatic nitrogens is 1. The summed E-state index contributed by atoms with van der Waals surface area (Å²) in [5.41, 5.74) is -4.73. The number of carbonyl (C=O) groups is 1. The van der Waals surface area contributed by atoms with Crippen LogP contribution < -0.4 is 5.32 Å². The number of carbonyl (C=O) groups excluding carboxylic acids is 1. The summed E-state index contributed by atoms with van der Waals surface area (Å²) in [7, 11) is -0.999. The lowest BCUT2D eigenvalue weighted by Crippen LogP contribution is -2.22. The van der Waals surface area contributed by atoms with Crippen molar-refractivity contribution < 1.29 is 26.4 Å². The molecule has 140 valence electrons.